The predicted octanol–water partition coefficient (Wildman–Crippen LogP) is 1.01. The lowest BCUT2D eigenvalue weighted by atomic mass is 10.1. The van der Waals surface area contributed by atoms with E-state index in [4.69, 9.17) is 0 Å². The van der Waals surface area contributed by atoms with E-state index in [1.54, 1.807) is 0 Å². The first-order valence-electron chi connectivity index (χ1n) is 5.48. The summed E-state index contributed by atoms with van der Waals surface area (Å²) in [6.07, 6.45) is 0.302. The maximum Gasteiger partial charge on any atom is 0.338 e. The standard InChI is InChI=1S/C12H14FNO5S/c1-14(2)20(17,18)11-5-10(12(16)19-3)8(6-13)4-9(11)7-15/h4-5,7H,6H2,1-3H3. The van der Waals surface area contributed by atoms with Crippen LogP contribution in [-0.4, -0.2) is 46.2 Å². The molecular weight excluding hydrogens is 289 g/mol. The van der Waals surface area contributed by atoms with E-state index in [-0.39, 0.29) is 21.6 Å². The van der Waals surface area contributed by atoms with Crippen molar-refractivity contribution in [1.82, 2.24) is 4.31 Å². The smallest absolute Gasteiger partial charge is 0.338 e. The van der Waals surface area contributed by atoms with Crippen LogP contribution in [0.3, 0.4) is 0 Å². The van der Waals surface area contributed by atoms with Crippen molar-refractivity contribution in [3.63, 3.8) is 0 Å². The summed E-state index contributed by atoms with van der Waals surface area (Å²) in [5.41, 5.74) is -0.531. The number of alkyl halides is 1. The van der Waals surface area contributed by atoms with Crippen LogP contribution in [0.5, 0.6) is 0 Å². The number of aldehydes is 1. The molecule has 1 aromatic rings. The minimum atomic E-state index is -3.94. The summed E-state index contributed by atoms with van der Waals surface area (Å²) in [4.78, 5) is 22.2. The molecule has 0 saturated carbocycles. The zero-order valence-corrected chi connectivity index (χ0v) is 12.0. The summed E-state index contributed by atoms with van der Waals surface area (Å²) in [5, 5.41) is 0. The summed E-state index contributed by atoms with van der Waals surface area (Å²) < 4.78 is 42.5. The van der Waals surface area contributed by atoms with Gasteiger partial charge in [0.05, 0.1) is 17.6 Å². The van der Waals surface area contributed by atoms with Gasteiger partial charge in [-0.15, -0.1) is 0 Å². The Morgan fingerprint density at radius 3 is 2.40 bits per heavy atom. The molecule has 0 fully saturated rings. The topological polar surface area (TPSA) is 80.8 Å². The molecule has 0 saturated heterocycles. The number of benzene rings is 1. The average molecular weight is 303 g/mol. The first-order chi connectivity index (χ1) is 9.29. The summed E-state index contributed by atoms with van der Waals surface area (Å²) in [6, 6.07) is 2.00. The number of halogens is 1. The SMILES string of the molecule is COC(=O)c1cc(S(=O)(=O)N(C)C)c(C=O)cc1CF. The van der Waals surface area contributed by atoms with Gasteiger partial charge in [0.25, 0.3) is 0 Å². The maximum absolute atomic E-state index is 12.9. The monoisotopic (exact) mass is 303 g/mol. The minimum Gasteiger partial charge on any atom is -0.465 e. The van der Waals surface area contributed by atoms with Crippen LogP contribution in [0.1, 0.15) is 26.3 Å². The Morgan fingerprint density at radius 1 is 1.40 bits per heavy atom. The summed E-state index contributed by atoms with van der Waals surface area (Å²) in [5.74, 6) is -0.870. The Hall–Kier alpha value is -1.80. The van der Waals surface area contributed by atoms with Gasteiger partial charge in [-0.1, -0.05) is 0 Å². The molecule has 20 heavy (non-hydrogen) atoms. The fourth-order valence-corrected chi connectivity index (χ4v) is 2.63. The quantitative estimate of drug-likeness (QED) is 0.599. The van der Waals surface area contributed by atoms with Gasteiger partial charge in [0.15, 0.2) is 6.29 Å². The molecule has 0 spiro atoms. The molecule has 0 heterocycles. The number of carbonyl (C=O) groups is 2. The van der Waals surface area contributed by atoms with Gasteiger partial charge < -0.3 is 4.74 Å². The maximum atomic E-state index is 12.9. The van der Waals surface area contributed by atoms with E-state index < -0.39 is 22.7 Å². The van der Waals surface area contributed by atoms with Crippen LogP contribution in [0.4, 0.5) is 4.39 Å². The average Bonchev–Trinajstić information content (AvgIpc) is 2.44. The van der Waals surface area contributed by atoms with Crippen LogP contribution in [-0.2, 0) is 21.4 Å². The fourth-order valence-electron chi connectivity index (χ4n) is 1.57. The number of nitrogens with zero attached hydrogens (tertiary/aromatic N) is 1. The fraction of sp³-hybridized carbons (Fsp3) is 0.333. The number of rotatable bonds is 5. The van der Waals surface area contributed by atoms with Crippen LogP contribution in [0, 0.1) is 0 Å². The molecule has 110 valence electrons. The number of hydrogen-bond donors (Lipinski definition) is 0. The Bertz CT molecular complexity index is 639. The third-order valence-electron chi connectivity index (χ3n) is 2.67. The van der Waals surface area contributed by atoms with E-state index in [0.29, 0.717) is 6.29 Å². The van der Waals surface area contributed by atoms with Crippen LogP contribution < -0.4 is 0 Å². The Balaban J connectivity index is 3.68. The van der Waals surface area contributed by atoms with Crippen molar-refractivity contribution in [3.05, 3.63) is 28.8 Å². The third kappa shape index (κ3) is 2.86. The van der Waals surface area contributed by atoms with E-state index in [1.165, 1.54) is 14.1 Å². The van der Waals surface area contributed by atoms with Gasteiger partial charge in [0, 0.05) is 19.7 Å². The van der Waals surface area contributed by atoms with Gasteiger partial charge in [-0.2, -0.15) is 0 Å². The number of hydrogen-bond acceptors (Lipinski definition) is 5. The van der Waals surface area contributed by atoms with E-state index in [0.717, 1.165) is 23.5 Å². The third-order valence-corrected chi connectivity index (χ3v) is 4.54. The summed E-state index contributed by atoms with van der Waals surface area (Å²) in [6.45, 7) is -1.02. The predicted molar refractivity (Wildman–Crippen MR) is 68.9 cm³/mol. The Morgan fingerprint density at radius 2 is 2.00 bits per heavy atom. The number of methoxy groups -OCH3 is 1. The van der Waals surface area contributed by atoms with Crippen LogP contribution >= 0.6 is 0 Å². The molecule has 8 heteroatoms. The molecule has 0 unspecified atom stereocenters. The normalized spacial score (nSPS) is 11.4. The van der Waals surface area contributed by atoms with E-state index in [9.17, 15) is 22.4 Å². The lowest BCUT2D eigenvalue weighted by Crippen LogP contribution is -2.24. The van der Waals surface area contributed by atoms with Crippen molar-refractivity contribution in [2.75, 3.05) is 21.2 Å². The largest absolute Gasteiger partial charge is 0.465 e. The van der Waals surface area contributed by atoms with E-state index in [1.807, 2.05) is 0 Å². The molecular formula is C12H14FNO5S. The van der Waals surface area contributed by atoms with Crippen LogP contribution in [0.2, 0.25) is 0 Å². The molecule has 0 aliphatic heterocycles. The van der Waals surface area contributed by atoms with E-state index >= 15 is 0 Å². The lowest BCUT2D eigenvalue weighted by Gasteiger charge is -2.15. The Kier molecular flexibility index (Phi) is 4.96. The second kappa shape index (κ2) is 6.10. The molecule has 0 radical (unpaired) electrons. The molecule has 1 rings (SSSR count). The zero-order valence-electron chi connectivity index (χ0n) is 11.2. The summed E-state index contributed by atoms with van der Waals surface area (Å²) in [7, 11) is -0.277. The number of esters is 1. The lowest BCUT2D eigenvalue weighted by molar-refractivity contribution is 0.0598. The molecule has 0 aromatic heterocycles. The second-order valence-corrected chi connectivity index (χ2v) is 6.20. The first-order valence-corrected chi connectivity index (χ1v) is 6.92. The van der Waals surface area contributed by atoms with Gasteiger partial charge in [0.1, 0.15) is 6.67 Å². The highest BCUT2D eigenvalue weighted by molar-refractivity contribution is 7.89. The van der Waals surface area contributed by atoms with Gasteiger partial charge in [-0.05, 0) is 17.7 Å². The first kappa shape index (κ1) is 16.3. The van der Waals surface area contributed by atoms with Gasteiger partial charge >= 0.3 is 5.97 Å². The molecule has 0 amide bonds. The molecule has 0 atom stereocenters. The number of ether oxygens (including phenoxy) is 1. The highest BCUT2D eigenvalue weighted by atomic mass is 32.2. The van der Waals surface area contributed by atoms with Crippen molar-refractivity contribution < 1.29 is 27.1 Å². The van der Waals surface area contributed by atoms with Crippen molar-refractivity contribution in [2.24, 2.45) is 0 Å². The second-order valence-electron chi connectivity index (χ2n) is 4.08. The van der Waals surface area contributed by atoms with Crippen LogP contribution in [0.15, 0.2) is 17.0 Å². The van der Waals surface area contributed by atoms with Gasteiger partial charge in [-0.3, -0.25) is 4.79 Å². The number of sulfonamides is 1. The molecule has 0 aliphatic rings. The van der Waals surface area contributed by atoms with Crippen molar-refractivity contribution in [3.8, 4) is 0 Å². The Labute approximate surface area is 116 Å². The highest BCUT2D eigenvalue weighted by Gasteiger charge is 2.25. The molecule has 6 nitrogen and oxygen atoms in total. The molecule has 0 bridgehead atoms. The molecule has 0 aliphatic carbocycles. The summed E-state index contributed by atoms with van der Waals surface area (Å²) >= 11 is 0. The van der Waals surface area contributed by atoms with Crippen molar-refractivity contribution in [1.29, 1.82) is 0 Å². The highest BCUT2D eigenvalue weighted by Crippen LogP contribution is 2.24. The van der Waals surface area contributed by atoms with Gasteiger partial charge in [0.2, 0.25) is 10.0 Å². The molecule has 1 aromatic carbocycles. The van der Waals surface area contributed by atoms with Crippen LogP contribution in [0.25, 0.3) is 0 Å². The van der Waals surface area contributed by atoms with Crippen molar-refractivity contribution in [2.45, 2.75) is 11.6 Å². The molecule has 0 N–H and O–H groups in total. The van der Waals surface area contributed by atoms with Crippen molar-refractivity contribution >= 4 is 22.3 Å². The van der Waals surface area contributed by atoms with Gasteiger partial charge in [-0.25, -0.2) is 21.9 Å². The zero-order chi connectivity index (χ0) is 15.5. The number of carbonyl (C=O) groups excluding carboxylic acids is 2. The minimum absolute atomic E-state index is 0.100. The van der Waals surface area contributed by atoms with E-state index in [2.05, 4.69) is 4.74 Å².